The van der Waals surface area contributed by atoms with Gasteiger partial charge in [0.05, 0.1) is 24.2 Å². The zero-order chi connectivity index (χ0) is 21.6. The predicted molar refractivity (Wildman–Crippen MR) is 114 cm³/mol. The lowest BCUT2D eigenvalue weighted by molar-refractivity contribution is 0.0342. The highest BCUT2D eigenvalue weighted by atomic mass is 32.2. The molecule has 1 aliphatic heterocycles. The number of benzene rings is 2. The summed E-state index contributed by atoms with van der Waals surface area (Å²) >= 11 is 0. The van der Waals surface area contributed by atoms with Crippen molar-refractivity contribution in [3.8, 4) is 0 Å². The van der Waals surface area contributed by atoms with Crippen LogP contribution in [0.25, 0.3) is 0 Å². The summed E-state index contributed by atoms with van der Waals surface area (Å²) in [4.78, 5) is 14.7. The summed E-state index contributed by atoms with van der Waals surface area (Å²) in [5.41, 5.74) is 2.87. The van der Waals surface area contributed by atoms with Gasteiger partial charge in [-0.15, -0.1) is 0 Å². The van der Waals surface area contributed by atoms with Crippen molar-refractivity contribution >= 4 is 16.1 Å². The van der Waals surface area contributed by atoms with Crippen molar-refractivity contribution in [3.63, 3.8) is 0 Å². The summed E-state index contributed by atoms with van der Waals surface area (Å²) in [5.74, 6) is 0. The largest absolute Gasteiger partial charge is 0.379 e. The van der Waals surface area contributed by atoms with Crippen LogP contribution in [0.5, 0.6) is 0 Å². The number of nitrogens with one attached hydrogen (secondary N) is 2. The molecule has 2 amide bonds. The van der Waals surface area contributed by atoms with Crippen LogP contribution in [-0.4, -0.2) is 45.7 Å². The number of rotatable bonds is 7. The summed E-state index contributed by atoms with van der Waals surface area (Å²) in [5, 5.41) is 10.8. The topological polar surface area (TPSA) is 114 Å². The van der Waals surface area contributed by atoms with Crippen LogP contribution in [0.15, 0.2) is 53.4 Å². The Labute approximate surface area is 177 Å². The summed E-state index contributed by atoms with van der Waals surface area (Å²) in [6, 6.07) is 13.7. The van der Waals surface area contributed by atoms with Crippen LogP contribution in [0.3, 0.4) is 0 Å². The number of morpholine rings is 1. The van der Waals surface area contributed by atoms with E-state index in [1.807, 2.05) is 12.1 Å². The number of nitrogens with zero attached hydrogens (tertiary/aromatic N) is 1. The van der Waals surface area contributed by atoms with E-state index in [0.29, 0.717) is 12.1 Å². The zero-order valence-electron chi connectivity index (χ0n) is 17.0. The molecule has 0 aromatic heterocycles. The van der Waals surface area contributed by atoms with Gasteiger partial charge in [0.25, 0.3) is 0 Å². The Hall–Kier alpha value is -2.46. The van der Waals surface area contributed by atoms with Crippen LogP contribution in [0.4, 0.5) is 4.79 Å². The SMILES string of the molecule is CC(NC(=O)NCc1cccc(CN2CCOCC2)c1)c1cccc(S(N)(=O)=O)c1. The quantitative estimate of drug-likeness (QED) is 0.617. The number of amides is 2. The first kappa shape index (κ1) is 22.2. The lowest BCUT2D eigenvalue weighted by Crippen LogP contribution is -2.37. The van der Waals surface area contributed by atoms with E-state index in [-0.39, 0.29) is 17.0 Å². The molecule has 1 atom stereocenters. The second kappa shape index (κ2) is 10.0. The maximum absolute atomic E-state index is 12.3. The van der Waals surface area contributed by atoms with Crippen LogP contribution in [0.2, 0.25) is 0 Å². The smallest absolute Gasteiger partial charge is 0.315 e. The fourth-order valence-corrected chi connectivity index (χ4v) is 3.90. The number of carbonyl (C=O) groups excluding carboxylic acids is 1. The van der Waals surface area contributed by atoms with Gasteiger partial charge in [-0.05, 0) is 35.7 Å². The van der Waals surface area contributed by atoms with E-state index in [9.17, 15) is 13.2 Å². The molecule has 0 saturated carbocycles. The Morgan fingerprint density at radius 1 is 1.13 bits per heavy atom. The number of carbonyl (C=O) groups is 1. The first-order valence-corrected chi connectivity index (χ1v) is 11.4. The minimum atomic E-state index is -3.79. The van der Waals surface area contributed by atoms with Crippen LogP contribution in [-0.2, 0) is 27.8 Å². The molecule has 3 rings (SSSR count). The molecule has 1 unspecified atom stereocenters. The Kier molecular flexibility index (Phi) is 7.43. The first-order valence-electron chi connectivity index (χ1n) is 9.86. The van der Waals surface area contributed by atoms with Crippen molar-refractivity contribution in [2.75, 3.05) is 26.3 Å². The van der Waals surface area contributed by atoms with Crippen molar-refractivity contribution in [3.05, 3.63) is 65.2 Å². The van der Waals surface area contributed by atoms with Gasteiger partial charge >= 0.3 is 6.03 Å². The van der Waals surface area contributed by atoms with Crippen molar-refractivity contribution in [1.82, 2.24) is 15.5 Å². The normalized spacial score (nSPS) is 16.1. The monoisotopic (exact) mass is 432 g/mol. The molecule has 0 bridgehead atoms. The number of nitrogens with two attached hydrogens (primary N) is 1. The molecule has 9 heteroatoms. The average molecular weight is 433 g/mol. The van der Waals surface area contributed by atoms with E-state index in [0.717, 1.165) is 38.4 Å². The van der Waals surface area contributed by atoms with E-state index in [2.05, 4.69) is 27.7 Å². The van der Waals surface area contributed by atoms with Crippen LogP contribution in [0, 0.1) is 0 Å². The van der Waals surface area contributed by atoms with Gasteiger partial charge in [0.15, 0.2) is 0 Å². The second-order valence-electron chi connectivity index (χ2n) is 7.37. The van der Waals surface area contributed by atoms with Gasteiger partial charge in [0.2, 0.25) is 10.0 Å². The molecular formula is C21H28N4O4S. The van der Waals surface area contributed by atoms with Crippen molar-refractivity contribution in [2.45, 2.75) is 31.0 Å². The van der Waals surface area contributed by atoms with Gasteiger partial charge in [-0.1, -0.05) is 36.4 Å². The van der Waals surface area contributed by atoms with Gasteiger partial charge in [-0.25, -0.2) is 18.4 Å². The third-order valence-corrected chi connectivity index (χ3v) is 5.90. The van der Waals surface area contributed by atoms with Crippen molar-refractivity contribution in [1.29, 1.82) is 0 Å². The minimum absolute atomic E-state index is 0.0196. The van der Waals surface area contributed by atoms with Gasteiger partial charge < -0.3 is 15.4 Å². The molecule has 30 heavy (non-hydrogen) atoms. The van der Waals surface area contributed by atoms with Crippen LogP contribution in [0.1, 0.15) is 29.7 Å². The number of urea groups is 1. The van der Waals surface area contributed by atoms with Gasteiger partial charge in [-0.2, -0.15) is 0 Å². The summed E-state index contributed by atoms with van der Waals surface area (Å²) in [7, 11) is -3.79. The molecule has 0 aliphatic carbocycles. The third kappa shape index (κ3) is 6.53. The highest BCUT2D eigenvalue weighted by Gasteiger charge is 2.14. The molecule has 0 radical (unpaired) electrons. The van der Waals surface area contributed by atoms with Gasteiger partial charge in [-0.3, -0.25) is 4.90 Å². The van der Waals surface area contributed by atoms with E-state index in [4.69, 9.17) is 9.88 Å². The standard InChI is InChI=1S/C21H28N4O4S/c1-16(19-6-3-7-20(13-19)30(22,27)28)24-21(26)23-14-17-4-2-5-18(12-17)15-25-8-10-29-11-9-25/h2-7,12-13,16H,8-11,14-15H2,1H3,(H2,22,27,28)(H2,23,24,26). The second-order valence-corrected chi connectivity index (χ2v) is 8.94. The lowest BCUT2D eigenvalue weighted by atomic mass is 10.1. The molecule has 8 nitrogen and oxygen atoms in total. The molecule has 1 aliphatic rings. The molecular weight excluding hydrogens is 404 g/mol. The van der Waals surface area contributed by atoms with Crippen LogP contribution < -0.4 is 15.8 Å². The molecule has 1 heterocycles. The molecule has 2 aromatic carbocycles. The molecule has 162 valence electrons. The Bertz CT molecular complexity index is 974. The summed E-state index contributed by atoms with van der Waals surface area (Å²) in [6.45, 7) is 6.42. The molecule has 4 N–H and O–H groups in total. The van der Waals surface area contributed by atoms with E-state index >= 15 is 0 Å². The fraction of sp³-hybridized carbons (Fsp3) is 0.381. The summed E-state index contributed by atoms with van der Waals surface area (Å²) in [6.07, 6.45) is 0. The lowest BCUT2D eigenvalue weighted by Gasteiger charge is -2.26. The molecule has 1 fully saturated rings. The highest BCUT2D eigenvalue weighted by molar-refractivity contribution is 7.89. The fourth-order valence-electron chi connectivity index (χ4n) is 3.33. The van der Waals surface area contributed by atoms with Crippen molar-refractivity contribution < 1.29 is 17.9 Å². The maximum atomic E-state index is 12.3. The third-order valence-electron chi connectivity index (χ3n) is 4.99. The summed E-state index contributed by atoms with van der Waals surface area (Å²) < 4.78 is 28.4. The predicted octanol–water partition coefficient (Wildman–Crippen LogP) is 1.73. The number of ether oxygens (including phenoxy) is 1. The molecule has 2 aromatic rings. The first-order chi connectivity index (χ1) is 14.3. The van der Waals surface area contributed by atoms with E-state index in [1.54, 1.807) is 19.1 Å². The number of hydrogen-bond acceptors (Lipinski definition) is 5. The number of primary sulfonamides is 1. The maximum Gasteiger partial charge on any atom is 0.315 e. The molecule has 0 spiro atoms. The minimum Gasteiger partial charge on any atom is -0.379 e. The van der Waals surface area contributed by atoms with Crippen LogP contribution >= 0.6 is 0 Å². The Morgan fingerprint density at radius 2 is 1.83 bits per heavy atom. The average Bonchev–Trinajstić information content (AvgIpc) is 2.73. The zero-order valence-corrected chi connectivity index (χ0v) is 17.8. The van der Waals surface area contributed by atoms with Gasteiger partial charge in [0.1, 0.15) is 0 Å². The Balaban J connectivity index is 1.52. The number of hydrogen-bond donors (Lipinski definition) is 3. The molecule has 1 saturated heterocycles. The number of sulfonamides is 1. The van der Waals surface area contributed by atoms with Gasteiger partial charge in [0, 0.05) is 26.2 Å². The van der Waals surface area contributed by atoms with Crippen molar-refractivity contribution in [2.24, 2.45) is 5.14 Å². The van der Waals surface area contributed by atoms with E-state index < -0.39 is 10.0 Å². The Morgan fingerprint density at radius 3 is 2.57 bits per heavy atom. The van der Waals surface area contributed by atoms with E-state index in [1.165, 1.54) is 17.7 Å². The highest BCUT2D eigenvalue weighted by Crippen LogP contribution is 2.16.